The van der Waals surface area contributed by atoms with Crippen molar-refractivity contribution in [3.63, 3.8) is 0 Å². The predicted octanol–water partition coefficient (Wildman–Crippen LogP) is 18.4. The number of nitrogens with two attached hydrogens (primary N) is 1. The molecule has 1 amide bonds. The number of aromatic hydroxyl groups is 5. The number of hydrogen-bond acceptors (Lipinski definition) is 18. The minimum absolute atomic E-state index is 0.0196. The average Bonchev–Trinajstić information content (AvgIpc) is 1.70. The number of carbonyl (C=O) groups excluding carboxylic acids is 1. The molecule has 5 unspecified atom stereocenters. The van der Waals surface area contributed by atoms with E-state index < -0.39 is 34.2 Å². The number of hydrogen-bond donors (Lipinski definition) is 7. The largest absolute Gasteiger partial charge is 0.508 e. The van der Waals surface area contributed by atoms with E-state index in [9.17, 15) is 49.2 Å². The van der Waals surface area contributed by atoms with Crippen molar-refractivity contribution in [1.82, 2.24) is 0 Å². The normalized spacial score (nSPS) is 13.4. The van der Waals surface area contributed by atoms with Crippen molar-refractivity contribution in [2.75, 3.05) is 11.1 Å². The Morgan fingerprint density at radius 1 is 0.423 bits per heavy atom. The van der Waals surface area contributed by atoms with Crippen LogP contribution < -0.4 is 39.2 Å². The summed E-state index contributed by atoms with van der Waals surface area (Å²) in [6, 6.07) is 75.4. The summed E-state index contributed by atoms with van der Waals surface area (Å²) in [5, 5.41) is 52.2. The molecule has 19 heteroatoms. The SMILES string of the molecule is CCC(Cc1ccccc1)c1cc(O)c(C(c2cccc(N)c2)C2CC2)c(=O)o1.CCC(Cc1ccccc1)c1cc(O)c(C(c2cccc(NC(=O)OCc3ccccc3)c2)C2CC2)c(=O)o1.CCC(Cc1ccccc1)c1cc(O)cc(=O)o1.Cc1cc(O)cc(=O)o1.O=c1cc(O)cc(CCc2ccccc2)o1. The van der Waals surface area contributed by atoms with Gasteiger partial charge in [-0.05, 0) is 153 Å². The molecule has 8 N–H and O–H groups in total. The Hall–Kier alpha value is -12.6. The van der Waals surface area contributed by atoms with Crippen LogP contribution in [0.2, 0.25) is 0 Å². The standard InChI is InChI=1S/C33H33NO5.C25H27NO3.C15H16O3.C13H12O3.C6H6O3/c1-2-24(18-22-10-5-3-6-11-22)29-20-28(35)31(32(36)39-29)30(25-16-17-25)26-14-9-15-27(19-26)34-33(37)38-21-23-12-7-4-8-13-23;1-2-17(13-16-7-4-3-5-8-16)22-15-21(27)24(25(28)29-22)23(18-11-12-18)19-9-6-10-20(26)14-19;1-2-12(8-11-6-4-3-5-7-11)14-9-13(16)10-15(17)18-14;14-11-8-12(16-13(15)9-11)7-6-10-4-2-1-3-5-10;1-4-2-5(7)3-6(8)9-4/h3-15,19-20,24-25,30,35H,2,16-18,21H2,1H3,(H,34,37);3-10,14-15,17-18,23,27H,2,11-13,26H2,1H3;3-7,9-10,12,16H,2,8H2,1H3;1-5,8-9,14H,6-7H2;2-3,7H,1H3. The third kappa shape index (κ3) is 24.7. The number of aryl methyl sites for hydroxylation is 3. The van der Waals surface area contributed by atoms with Crippen LogP contribution in [0.3, 0.4) is 0 Å². The van der Waals surface area contributed by atoms with Crippen molar-refractivity contribution in [3.05, 3.63) is 380 Å². The Morgan fingerprint density at radius 3 is 1.23 bits per heavy atom. The first kappa shape index (κ1) is 80.9. The molecule has 2 saturated carbocycles. The number of ether oxygens (including phenoxy) is 1. The zero-order valence-corrected chi connectivity index (χ0v) is 62.6. The van der Waals surface area contributed by atoms with E-state index in [4.69, 9.17) is 33.2 Å². The van der Waals surface area contributed by atoms with Crippen LogP contribution in [0.15, 0.2) is 295 Å². The van der Waals surface area contributed by atoms with Crippen LogP contribution in [0, 0.1) is 18.8 Å². The fourth-order valence-electron chi connectivity index (χ4n) is 13.5. The van der Waals surface area contributed by atoms with Crippen molar-refractivity contribution in [2.24, 2.45) is 11.8 Å². The third-order valence-electron chi connectivity index (χ3n) is 19.4. The summed E-state index contributed by atoms with van der Waals surface area (Å²) in [6.07, 6.45) is 9.52. The average molecular weight is 1500 g/mol. The molecule has 2 fully saturated rings. The number of nitrogen functional groups attached to an aromatic ring is 1. The van der Waals surface area contributed by atoms with Gasteiger partial charge in [-0.3, -0.25) is 5.32 Å². The van der Waals surface area contributed by atoms with Gasteiger partial charge < -0.3 is 58.1 Å². The molecule has 14 rings (SSSR count). The van der Waals surface area contributed by atoms with Crippen molar-refractivity contribution >= 4 is 17.5 Å². The van der Waals surface area contributed by atoms with E-state index in [-0.39, 0.29) is 76.4 Å². The van der Waals surface area contributed by atoms with Gasteiger partial charge in [-0.2, -0.15) is 0 Å². The smallest absolute Gasteiger partial charge is 0.411 e. The van der Waals surface area contributed by atoms with Gasteiger partial charge in [0.1, 0.15) is 64.2 Å². The van der Waals surface area contributed by atoms with Crippen LogP contribution in [0.1, 0.15) is 174 Å². The molecule has 574 valence electrons. The van der Waals surface area contributed by atoms with Crippen LogP contribution >= 0.6 is 0 Å². The molecular formula is C92H94N2O17. The van der Waals surface area contributed by atoms with Crippen molar-refractivity contribution in [1.29, 1.82) is 0 Å². The molecule has 0 bridgehead atoms. The monoisotopic (exact) mass is 1500 g/mol. The topological polar surface area (TPSA) is 317 Å². The maximum Gasteiger partial charge on any atom is 0.411 e. The van der Waals surface area contributed by atoms with Gasteiger partial charge in [0.2, 0.25) is 0 Å². The quantitative estimate of drug-likeness (QED) is 0.0276. The molecule has 0 radical (unpaired) electrons. The Kier molecular flexibility index (Phi) is 29.1. The highest BCUT2D eigenvalue weighted by Crippen LogP contribution is 2.50. The first-order valence-corrected chi connectivity index (χ1v) is 37.5. The Balaban J connectivity index is 0.000000159. The molecule has 7 aromatic carbocycles. The van der Waals surface area contributed by atoms with Crippen LogP contribution in [-0.2, 0) is 43.4 Å². The molecule has 0 spiro atoms. The van der Waals surface area contributed by atoms with Crippen molar-refractivity contribution in [3.8, 4) is 28.7 Å². The van der Waals surface area contributed by atoms with Gasteiger partial charge in [0.05, 0.1) is 29.3 Å². The van der Waals surface area contributed by atoms with Gasteiger partial charge in [-0.15, -0.1) is 0 Å². The molecule has 12 aromatic rings. The summed E-state index contributed by atoms with van der Waals surface area (Å²) in [7, 11) is 0. The fourth-order valence-corrected chi connectivity index (χ4v) is 13.5. The van der Waals surface area contributed by atoms with Gasteiger partial charge in [-0.1, -0.05) is 197 Å². The minimum Gasteiger partial charge on any atom is -0.508 e. The van der Waals surface area contributed by atoms with Crippen molar-refractivity contribution < 1.29 is 57.1 Å². The minimum atomic E-state index is -0.560. The number of anilines is 2. The molecule has 0 saturated heterocycles. The zero-order valence-electron chi connectivity index (χ0n) is 62.6. The number of nitrogens with one attached hydrogen (secondary N) is 1. The zero-order chi connectivity index (χ0) is 78.8. The molecule has 0 aliphatic heterocycles. The van der Waals surface area contributed by atoms with Gasteiger partial charge in [-0.25, -0.2) is 28.8 Å². The molecular weight excluding hydrogens is 1410 g/mol. The third-order valence-corrected chi connectivity index (χ3v) is 19.4. The second-order valence-corrected chi connectivity index (χ2v) is 27.8. The van der Waals surface area contributed by atoms with Crippen molar-refractivity contribution in [2.45, 2.75) is 141 Å². The first-order valence-electron chi connectivity index (χ1n) is 37.5. The van der Waals surface area contributed by atoms with Crippen LogP contribution in [0.4, 0.5) is 16.2 Å². The Labute approximate surface area is 643 Å². The Bertz CT molecular complexity index is 5240. The fraction of sp³-hybridized carbons (Fsp3) is 0.261. The summed E-state index contributed by atoms with van der Waals surface area (Å²) in [4.78, 5) is 71.4. The molecule has 5 heterocycles. The molecule has 5 aromatic heterocycles. The summed E-state index contributed by atoms with van der Waals surface area (Å²) in [6.45, 7) is 7.92. The second-order valence-electron chi connectivity index (χ2n) is 27.8. The van der Waals surface area contributed by atoms with Crippen LogP contribution in [0.25, 0.3) is 0 Å². The predicted molar refractivity (Wildman–Crippen MR) is 428 cm³/mol. The summed E-state index contributed by atoms with van der Waals surface area (Å²) < 4.78 is 31.7. The van der Waals surface area contributed by atoms with E-state index in [1.54, 1.807) is 25.1 Å². The Morgan fingerprint density at radius 2 is 0.820 bits per heavy atom. The number of rotatable bonds is 24. The van der Waals surface area contributed by atoms with Gasteiger partial charge in [0.15, 0.2) is 0 Å². The van der Waals surface area contributed by atoms with E-state index >= 15 is 0 Å². The number of amides is 1. The lowest BCUT2D eigenvalue weighted by atomic mass is 9.86. The van der Waals surface area contributed by atoms with Gasteiger partial charge >= 0.3 is 34.2 Å². The maximum atomic E-state index is 13.3. The van der Waals surface area contributed by atoms with Gasteiger partial charge in [0.25, 0.3) is 0 Å². The van der Waals surface area contributed by atoms with Gasteiger partial charge in [0, 0.05) is 77.7 Å². The number of benzene rings is 7. The lowest BCUT2D eigenvalue weighted by Gasteiger charge is -2.20. The summed E-state index contributed by atoms with van der Waals surface area (Å²) in [5.74, 6) is 2.55. The highest BCUT2D eigenvalue weighted by molar-refractivity contribution is 5.84. The molecule has 19 nitrogen and oxygen atoms in total. The van der Waals surface area contributed by atoms with Crippen LogP contribution in [-0.4, -0.2) is 31.6 Å². The maximum absolute atomic E-state index is 13.3. The lowest BCUT2D eigenvalue weighted by molar-refractivity contribution is 0.155. The molecule has 2 aliphatic carbocycles. The first-order chi connectivity index (χ1) is 53.7. The summed E-state index contributed by atoms with van der Waals surface area (Å²) in [5.41, 5.74) is 12.7. The molecule has 111 heavy (non-hydrogen) atoms. The molecule has 5 atom stereocenters. The van der Waals surface area contributed by atoms with E-state index in [1.807, 2.05) is 177 Å². The van der Waals surface area contributed by atoms with E-state index in [2.05, 4.69) is 47.8 Å². The summed E-state index contributed by atoms with van der Waals surface area (Å²) >= 11 is 0. The molecule has 2 aliphatic rings. The van der Waals surface area contributed by atoms with Crippen LogP contribution in [0.5, 0.6) is 28.7 Å². The highest BCUT2D eigenvalue weighted by atomic mass is 16.5. The number of carbonyl (C=O) groups is 1. The highest BCUT2D eigenvalue weighted by Gasteiger charge is 2.39. The van der Waals surface area contributed by atoms with E-state index in [0.717, 1.165) is 111 Å². The van der Waals surface area contributed by atoms with E-state index in [1.165, 1.54) is 34.9 Å². The van der Waals surface area contributed by atoms with E-state index in [0.29, 0.717) is 58.1 Å². The second kappa shape index (κ2) is 40.0. The lowest BCUT2D eigenvalue weighted by Crippen LogP contribution is -2.18.